The summed E-state index contributed by atoms with van der Waals surface area (Å²) < 4.78 is 57.5. The average Bonchev–Trinajstić information content (AvgIpc) is 2.84. The highest BCUT2D eigenvalue weighted by Crippen LogP contribution is 2.30. The second-order valence-corrected chi connectivity index (χ2v) is 6.94. The van der Waals surface area contributed by atoms with Crippen LogP contribution in [0.5, 0.6) is 0 Å². The molecular formula is C24H25ClN2. The van der Waals surface area contributed by atoms with Crippen molar-refractivity contribution in [2.45, 2.75) is 12.5 Å². The molecule has 0 saturated carbocycles. The summed E-state index contributed by atoms with van der Waals surface area (Å²) in [6.07, 6.45) is 0. The molecule has 0 N–H and O–H groups in total. The Bertz CT molecular complexity index is 1140. The number of piperazine rings is 1. The minimum atomic E-state index is -2.21. The Labute approximate surface area is 176 Å². The SMILES string of the molecule is [2H]c1c([2H])c([2H])c(C([2H])([2H])N2CCN(C(c3ccccc3)c3ccc(Cl)cc3)CC2)c([2H])c1[2H]. The average molecular weight is 384 g/mol. The summed E-state index contributed by atoms with van der Waals surface area (Å²) >= 11 is 6.10. The summed E-state index contributed by atoms with van der Waals surface area (Å²) in [4.78, 5) is 3.83. The van der Waals surface area contributed by atoms with Crippen LogP contribution >= 0.6 is 11.6 Å². The third-order valence-electron chi connectivity index (χ3n) is 4.75. The number of benzene rings is 3. The van der Waals surface area contributed by atoms with Gasteiger partial charge < -0.3 is 0 Å². The highest BCUT2D eigenvalue weighted by molar-refractivity contribution is 6.30. The van der Waals surface area contributed by atoms with Crippen molar-refractivity contribution in [3.8, 4) is 0 Å². The van der Waals surface area contributed by atoms with Crippen LogP contribution in [0.15, 0.2) is 84.8 Å². The van der Waals surface area contributed by atoms with Crippen LogP contribution in [-0.2, 0) is 6.50 Å². The highest BCUT2D eigenvalue weighted by atomic mass is 35.5. The van der Waals surface area contributed by atoms with E-state index in [9.17, 15) is 0 Å². The summed E-state index contributed by atoms with van der Waals surface area (Å²) in [5.41, 5.74) is 1.88. The molecule has 1 heterocycles. The van der Waals surface area contributed by atoms with E-state index in [-0.39, 0.29) is 11.6 Å². The lowest BCUT2D eigenvalue weighted by molar-refractivity contribution is 0.105. The van der Waals surface area contributed by atoms with Crippen molar-refractivity contribution in [3.63, 3.8) is 0 Å². The zero-order valence-corrected chi connectivity index (χ0v) is 15.6. The summed E-state index contributed by atoms with van der Waals surface area (Å²) in [5, 5.41) is 0.659. The Morgan fingerprint density at radius 3 is 2.15 bits per heavy atom. The van der Waals surface area contributed by atoms with Gasteiger partial charge in [0.15, 0.2) is 0 Å². The molecule has 1 fully saturated rings. The van der Waals surface area contributed by atoms with Crippen LogP contribution in [0.3, 0.4) is 0 Å². The van der Waals surface area contributed by atoms with Gasteiger partial charge in [-0.25, -0.2) is 0 Å². The molecule has 2 nitrogen and oxygen atoms in total. The molecule has 3 aromatic rings. The van der Waals surface area contributed by atoms with Gasteiger partial charge in [-0.3, -0.25) is 9.80 Å². The van der Waals surface area contributed by atoms with Gasteiger partial charge in [0, 0.05) is 40.4 Å². The molecule has 0 aliphatic carbocycles. The van der Waals surface area contributed by atoms with Crippen molar-refractivity contribution in [1.82, 2.24) is 9.80 Å². The van der Waals surface area contributed by atoms with Gasteiger partial charge in [-0.1, -0.05) is 84.3 Å². The first-order valence-corrected chi connectivity index (χ1v) is 9.37. The molecule has 3 aromatic carbocycles. The first kappa shape index (κ1) is 11.7. The Morgan fingerprint density at radius 2 is 1.48 bits per heavy atom. The maximum Gasteiger partial charge on any atom is 0.0626 e. The predicted octanol–water partition coefficient (Wildman–Crippen LogP) is 5.25. The van der Waals surface area contributed by atoms with Crippen molar-refractivity contribution >= 4 is 11.6 Å². The standard InChI is InChI=1S/C24H25ClN2/c25-23-13-11-22(12-14-23)24(21-9-5-2-6-10-21)27-17-15-26(16-18-27)19-20-7-3-1-4-8-20/h1-14,24H,15-19H2/i1D,3D,4D,7D,8D,19D2. The molecule has 1 saturated heterocycles. The second-order valence-electron chi connectivity index (χ2n) is 6.50. The van der Waals surface area contributed by atoms with E-state index < -0.39 is 36.7 Å². The fourth-order valence-electron chi connectivity index (χ4n) is 3.45. The van der Waals surface area contributed by atoms with Crippen LogP contribution in [0.2, 0.25) is 5.02 Å². The van der Waals surface area contributed by atoms with Crippen LogP contribution in [0.1, 0.15) is 32.3 Å². The third-order valence-corrected chi connectivity index (χ3v) is 5.00. The number of rotatable bonds is 5. The van der Waals surface area contributed by atoms with Crippen molar-refractivity contribution in [2.24, 2.45) is 0 Å². The van der Waals surface area contributed by atoms with Crippen molar-refractivity contribution in [3.05, 3.63) is 107 Å². The lowest BCUT2D eigenvalue weighted by Gasteiger charge is -2.40. The third kappa shape index (κ3) is 4.59. The normalized spacial score (nSPS) is 21.1. The Kier molecular flexibility index (Phi) is 3.76. The molecule has 3 heteroatoms. The van der Waals surface area contributed by atoms with Gasteiger partial charge >= 0.3 is 0 Å². The first-order chi connectivity index (χ1) is 16.1. The summed E-state index contributed by atoms with van der Waals surface area (Å²) in [5.74, 6) is 0. The first-order valence-electron chi connectivity index (χ1n) is 12.5. The number of nitrogens with zero attached hydrogens (tertiary/aromatic N) is 2. The van der Waals surface area contributed by atoms with Gasteiger partial charge in [-0.05, 0) is 28.8 Å². The number of halogens is 1. The zero-order valence-electron chi connectivity index (χ0n) is 21.9. The van der Waals surface area contributed by atoms with Crippen LogP contribution in [0.4, 0.5) is 0 Å². The topological polar surface area (TPSA) is 6.48 Å². The van der Waals surface area contributed by atoms with Crippen LogP contribution in [-0.4, -0.2) is 36.0 Å². The van der Waals surface area contributed by atoms with Gasteiger partial charge in [0.25, 0.3) is 0 Å². The van der Waals surface area contributed by atoms with E-state index in [2.05, 4.69) is 17.0 Å². The van der Waals surface area contributed by atoms with E-state index >= 15 is 0 Å². The van der Waals surface area contributed by atoms with E-state index in [1.807, 2.05) is 42.5 Å². The molecule has 27 heavy (non-hydrogen) atoms. The minimum absolute atomic E-state index is 0.0350. The van der Waals surface area contributed by atoms with E-state index in [0.717, 1.165) is 11.1 Å². The second kappa shape index (κ2) is 8.71. The Morgan fingerprint density at radius 1 is 0.852 bits per heavy atom. The molecule has 1 unspecified atom stereocenters. The number of hydrogen-bond acceptors (Lipinski definition) is 2. The van der Waals surface area contributed by atoms with Crippen molar-refractivity contribution < 1.29 is 9.60 Å². The maximum absolute atomic E-state index is 8.72. The molecule has 1 aliphatic rings. The van der Waals surface area contributed by atoms with Gasteiger partial charge in [-0.2, -0.15) is 0 Å². The molecule has 0 bridgehead atoms. The van der Waals surface area contributed by atoms with E-state index in [1.54, 1.807) is 4.90 Å². The van der Waals surface area contributed by atoms with E-state index in [4.69, 9.17) is 21.2 Å². The highest BCUT2D eigenvalue weighted by Gasteiger charge is 2.26. The summed E-state index contributed by atoms with van der Waals surface area (Å²) in [7, 11) is 0. The van der Waals surface area contributed by atoms with E-state index in [1.165, 1.54) is 0 Å². The Balaban J connectivity index is 1.61. The van der Waals surface area contributed by atoms with Gasteiger partial charge in [0.05, 0.1) is 12.9 Å². The molecule has 0 spiro atoms. The van der Waals surface area contributed by atoms with E-state index in [0.29, 0.717) is 31.2 Å². The monoisotopic (exact) mass is 383 g/mol. The smallest absolute Gasteiger partial charge is 0.0626 e. The fraction of sp³-hybridized carbons (Fsp3) is 0.250. The number of hydrogen-bond donors (Lipinski definition) is 0. The minimum Gasteiger partial charge on any atom is -0.297 e. The largest absolute Gasteiger partial charge is 0.297 e. The predicted molar refractivity (Wildman–Crippen MR) is 113 cm³/mol. The van der Waals surface area contributed by atoms with Crippen LogP contribution in [0.25, 0.3) is 0 Å². The van der Waals surface area contributed by atoms with Crippen molar-refractivity contribution in [2.75, 3.05) is 26.2 Å². The lowest BCUT2D eigenvalue weighted by atomic mass is 9.96. The van der Waals surface area contributed by atoms with Crippen LogP contribution in [0, 0.1) is 0 Å². The maximum atomic E-state index is 8.72. The van der Waals surface area contributed by atoms with Gasteiger partial charge in [-0.15, -0.1) is 0 Å². The molecule has 1 aliphatic heterocycles. The Hall–Kier alpha value is -2.13. The quantitative estimate of drug-likeness (QED) is 0.593. The lowest BCUT2D eigenvalue weighted by Crippen LogP contribution is -2.47. The zero-order chi connectivity index (χ0) is 24.6. The molecule has 0 radical (unpaired) electrons. The molecule has 1 atom stereocenters. The summed E-state index contributed by atoms with van der Waals surface area (Å²) in [6, 6.07) is 15.2. The van der Waals surface area contributed by atoms with Crippen LogP contribution < -0.4 is 0 Å². The summed E-state index contributed by atoms with van der Waals surface area (Å²) in [6.45, 7) is -0.443. The fourth-order valence-corrected chi connectivity index (χ4v) is 3.58. The molecule has 138 valence electrons. The van der Waals surface area contributed by atoms with Gasteiger partial charge in [0.1, 0.15) is 0 Å². The van der Waals surface area contributed by atoms with Crippen molar-refractivity contribution in [1.29, 1.82) is 0 Å². The molecule has 0 amide bonds. The molecule has 4 rings (SSSR count). The van der Waals surface area contributed by atoms with Gasteiger partial charge in [0.2, 0.25) is 0 Å². The molecular weight excluding hydrogens is 352 g/mol. The molecule has 0 aromatic heterocycles.